The molecule has 1 aliphatic heterocycles. The lowest BCUT2D eigenvalue weighted by Gasteiger charge is -2.13. The van der Waals surface area contributed by atoms with Crippen LogP contribution in [0.3, 0.4) is 0 Å². The van der Waals surface area contributed by atoms with Crippen LogP contribution in [0.25, 0.3) is 5.82 Å². The number of aromatic nitrogens is 4. The molecule has 1 atom stereocenters. The zero-order chi connectivity index (χ0) is 17.4. The molecule has 2 aromatic heterocycles. The number of amides is 1. The second-order valence-electron chi connectivity index (χ2n) is 6.04. The number of nitrogens with zero attached hydrogens (tertiary/aromatic N) is 4. The summed E-state index contributed by atoms with van der Waals surface area (Å²) in [4.78, 5) is 21.0. The molecule has 0 fully saturated rings. The third kappa shape index (κ3) is 2.73. The van der Waals surface area contributed by atoms with Gasteiger partial charge in [-0.05, 0) is 37.1 Å². The lowest BCUT2D eigenvalue weighted by molar-refractivity contribution is -0.117. The third-order valence-electron chi connectivity index (χ3n) is 4.39. The summed E-state index contributed by atoms with van der Waals surface area (Å²) in [6.45, 7) is 4.39. The molecule has 1 amide bonds. The summed E-state index contributed by atoms with van der Waals surface area (Å²) in [5, 5.41) is 7.07. The van der Waals surface area contributed by atoms with E-state index >= 15 is 0 Å². The molecule has 0 aliphatic carbocycles. The van der Waals surface area contributed by atoms with E-state index in [0.29, 0.717) is 18.1 Å². The summed E-state index contributed by atoms with van der Waals surface area (Å²) in [6, 6.07) is 5.80. The number of aryl methyl sites for hydroxylation is 2. The maximum absolute atomic E-state index is 12.8. The van der Waals surface area contributed by atoms with Crippen molar-refractivity contribution in [2.24, 2.45) is 0 Å². The molecule has 1 N–H and O–H groups in total. The molecule has 7 heteroatoms. The van der Waals surface area contributed by atoms with Crippen LogP contribution in [-0.2, 0) is 4.79 Å². The molecule has 3 heterocycles. The second-order valence-corrected chi connectivity index (χ2v) is 6.04. The molecular weight excluding hydrogens is 318 g/mol. The van der Waals surface area contributed by atoms with Gasteiger partial charge in [0.15, 0.2) is 5.82 Å². The Labute approximate surface area is 144 Å². The largest absolute Gasteiger partial charge is 0.492 e. The van der Waals surface area contributed by atoms with Crippen LogP contribution in [0.2, 0.25) is 0 Å². The minimum atomic E-state index is -0.361. The van der Waals surface area contributed by atoms with Crippen LogP contribution in [-0.4, -0.2) is 32.3 Å². The van der Waals surface area contributed by atoms with Crippen LogP contribution in [0, 0.1) is 13.8 Å². The van der Waals surface area contributed by atoms with E-state index in [2.05, 4.69) is 20.4 Å². The van der Waals surface area contributed by atoms with E-state index in [1.54, 1.807) is 29.3 Å². The van der Waals surface area contributed by atoms with Crippen molar-refractivity contribution in [3.63, 3.8) is 0 Å². The first-order valence-electron chi connectivity index (χ1n) is 7.98. The first kappa shape index (κ1) is 15.3. The highest BCUT2D eigenvalue weighted by molar-refractivity contribution is 5.98. The van der Waals surface area contributed by atoms with Crippen molar-refractivity contribution in [3.05, 3.63) is 59.8 Å². The minimum absolute atomic E-state index is 0.148. The molecule has 3 aromatic rings. The van der Waals surface area contributed by atoms with E-state index in [1.807, 2.05) is 26.0 Å². The molecule has 0 saturated heterocycles. The smallest absolute Gasteiger partial charge is 0.235 e. The number of carbonyl (C=O) groups excluding carboxylic acids is 1. The molecule has 4 rings (SSSR count). The molecule has 25 heavy (non-hydrogen) atoms. The predicted octanol–water partition coefficient (Wildman–Crippen LogP) is 2.39. The average Bonchev–Trinajstić information content (AvgIpc) is 3.26. The maximum atomic E-state index is 12.8. The van der Waals surface area contributed by atoms with Crippen molar-refractivity contribution >= 4 is 11.6 Å². The molecule has 0 unspecified atom stereocenters. The van der Waals surface area contributed by atoms with Gasteiger partial charge in [-0.25, -0.2) is 14.6 Å². The summed E-state index contributed by atoms with van der Waals surface area (Å²) in [6.07, 6.45) is 6.41. The lowest BCUT2D eigenvalue weighted by atomic mass is 9.96. The van der Waals surface area contributed by atoms with E-state index in [4.69, 9.17) is 4.74 Å². The maximum Gasteiger partial charge on any atom is 0.235 e. The molecule has 1 aliphatic rings. The molecule has 0 bridgehead atoms. The standard InChI is InChI=1S/C18H17N5O2/c1-11-6-13-14(9-25-16(13)7-12(11)2)18(24)22-15-8-19-10-20-17(15)23-5-3-4-21-23/h3-8,10,14H,9H2,1-2H3,(H,22,24)/t14-/m0/s1. The van der Waals surface area contributed by atoms with E-state index < -0.39 is 0 Å². The number of fused-ring (bicyclic) bond motifs is 1. The van der Waals surface area contributed by atoms with Gasteiger partial charge in [0, 0.05) is 18.0 Å². The first-order chi connectivity index (χ1) is 12.1. The topological polar surface area (TPSA) is 81.9 Å². The van der Waals surface area contributed by atoms with Crippen molar-refractivity contribution in [2.45, 2.75) is 19.8 Å². The molecule has 0 saturated carbocycles. The summed E-state index contributed by atoms with van der Waals surface area (Å²) < 4.78 is 7.29. The third-order valence-corrected chi connectivity index (χ3v) is 4.39. The fourth-order valence-corrected chi connectivity index (χ4v) is 2.90. The molecule has 0 spiro atoms. The Morgan fingerprint density at radius 3 is 2.96 bits per heavy atom. The first-order valence-corrected chi connectivity index (χ1v) is 7.98. The van der Waals surface area contributed by atoms with Crippen molar-refractivity contribution in [2.75, 3.05) is 11.9 Å². The van der Waals surface area contributed by atoms with Crippen LogP contribution in [0.15, 0.2) is 43.1 Å². The van der Waals surface area contributed by atoms with Gasteiger partial charge in [0.1, 0.15) is 30.3 Å². The summed E-state index contributed by atoms with van der Waals surface area (Å²) >= 11 is 0. The van der Waals surface area contributed by atoms with E-state index in [-0.39, 0.29) is 11.8 Å². The Morgan fingerprint density at radius 1 is 1.32 bits per heavy atom. The van der Waals surface area contributed by atoms with Crippen molar-refractivity contribution < 1.29 is 9.53 Å². The predicted molar refractivity (Wildman–Crippen MR) is 91.9 cm³/mol. The molecule has 7 nitrogen and oxygen atoms in total. The monoisotopic (exact) mass is 335 g/mol. The SMILES string of the molecule is Cc1cc2c(cc1C)[C@@H](C(=O)Nc1cncnc1-n1cccn1)CO2. The van der Waals surface area contributed by atoms with Crippen LogP contribution in [0.1, 0.15) is 22.6 Å². The Morgan fingerprint density at radius 2 is 2.16 bits per heavy atom. The highest BCUT2D eigenvalue weighted by atomic mass is 16.5. The number of hydrogen-bond donors (Lipinski definition) is 1. The number of ether oxygens (including phenoxy) is 1. The van der Waals surface area contributed by atoms with E-state index in [0.717, 1.165) is 22.4 Å². The molecular formula is C18H17N5O2. The van der Waals surface area contributed by atoms with Gasteiger partial charge in [0.25, 0.3) is 0 Å². The Bertz CT molecular complexity index is 937. The van der Waals surface area contributed by atoms with Gasteiger partial charge >= 0.3 is 0 Å². The molecule has 1 aromatic carbocycles. The zero-order valence-corrected chi connectivity index (χ0v) is 13.9. The molecule has 0 radical (unpaired) electrons. The summed E-state index contributed by atoms with van der Waals surface area (Å²) in [5.41, 5.74) is 3.71. The van der Waals surface area contributed by atoms with Gasteiger partial charge in [-0.2, -0.15) is 5.10 Å². The van der Waals surface area contributed by atoms with E-state index in [1.165, 1.54) is 6.33 Å². The van der Waals surface area contributed by atoms with Gasteiger partial charge in [-0.3, -0.25) is 4.79 Å². The van der Waals surface area contributed by atoms with Gasteiger partial charge < -0.3 is 10.1 Å². The number of benzene rings is 1. The highest BCUT2D eigenvalue weighted by Crippen LogP contribution is 2.36. The second kappa shape index (κ2) is 6.01. The van der Waals surface area contributed by atoms with Crippen molar-refractivity contribution in [1.82, 2.24) is 19.7 Å². The zero-order valence-electron chi connectivity index (χ0n) is 13.9. The number of hydrogen-bond acceptors (Lipinski definition) is 5. The van der Waals surface area contributed by atoms with Gasteiger partial charge in [-0.15, -0.1) is 0 Å². The summed E-state index contributed by atoms with van der Waals surface area (Å²) in [7, 11) is 0. The highest BCUT2D eigenvalue weighted by Gasteiger charge is 2.31. The fraction of sp³-hybridized carbons (Fsp3) is 0.222. The van der Waals surface area contributed by atoms with Crippen molar-refractivity contribution in [1.29, 1.82) is 0 Å². The van der Waals surface area contributed by atoms with Gasteiger partial charge in [-0.1, -0.05) is 6.07 Å². The average molecular weight is 335 g/mol. The quantitative estimate of drug-likeness (QED) is 0.795. The van der Waals surface area contributed by atoms with E-state index in [9.17, 15) is 4.79 Å². The number of anilines is 1. The van der Waals surface area contributed by atoms with Crippen molar-refractivity contribution in [3.8, 4) is 11.6 Å². The summed E-state index contributed by atoms with van der Waals surface area (Å²) in [5.74, 6) is 0.789. The van der Waals surface area contributed by atoms with Gasteiger partial charge in [0.2, 0.25) is 5.91 Å². The lowest BCUT2D eigenvalue weighted by Crippen LogP contribution is -2.23. The Kier molecular flexibility index (Phi) is 3.68. The normalized spacial score (nSPS) is 15.5. The van der Waals surface area contributed by atoms with Crippen LogP contribution >= 0.6 is 0 Å². The number of carbonyl (C=O) groups is 1. The minimum Gasteiger partial charge on any atom is -0.492 e. The Hall–Kier alpha value is -3.22. The fourth-order valence-electron chi connectivity index (χ4n) is 2.90. The van der Waals surface area contributed by atoms with Crippen LogP contribution in [0.5, 0.6) is 5.75 Å². The number of nitrogens with one attached hydrogen (secondary N) is 1. The van der Waals surface area contributed by atoms with Crippen LogP contribution in [0.4, 0.5) is 5.69 Å². The Balaban J connectivity index is 1.62. The van der Waals surface area contributed by atoms with Crippen LogP contribution < -0.4 is 10.1 Å². The molecule has 126 valence electrons. The number of rotatable bonds is 3. The van der Waals surface area contributed by atoms with Gasteiger partial charge in [0.05, 0.1) is 6.20 Å².